The second kappa shape index (κ2) is 35.7. The van der Waals surface area contributed by atoms with Crippen molar-refractivity contribution in [2.45, 2.75) is 0 Å². The molecule has 8 heteroatoms. The fourth-order valence-electron chi connectivity index (χ4n) is 0. The zero-order valence-electron chi connectivity index (χ0n) is 6.31. The molecule has 0 bridgehead atoms. The van der Waals surface area contributed by atoms with E-state index in [1.165, 1.54) is 0 Å². The Balaban J connectivity index is -0.00000000813. The molecule has 0 unspecified atom stereocenters. The monoisotopic (exact) mass is 276 g/mol. The van der Waals surface area contributed by atoms with Crippen LogP contribution in [-0.2, 0) is 3.02 Å². The standard InChI is InChI=1S/CH2O3.Ca.H2O2.O.Sb.3H/c2-1(3)4;;1-2;;;;;/h(H2,2,3,4);;1-2H;;;;;/q;+2;;;;;2*-1. The van der Waals surface area contributed by atoms with Gasteiger partial charge in [0.15, 0.2) is 0 Å². The average Bonchev–Trinajstić information content (AvgIpc) is 1.75. The van der Waals surface area contributed by atoms with E-state index < -0.39 is 6.16 Å². The molecule has 0 saturated carbocycles. The zero-order chi connectivity index (χ0) is 7.58. The molecule has 54 valence electrons. The Bertz CT molecular complexity index is 51.8. The summed E-state index contributed by atoms with van der Waals surface area (Å²) >= 11 is 0.300. The van der Waals surface area contributed by atoms with Gasteiger partial charge in [-0.25, -0.2) is 4.79 Å². The van der Waals surface area contributed by atoms with Gasteiger partial charge >= 0.3 is 69.9 Å². The van der Waals surface area contributed by atoms with Crippen LogP contribution in [0.3, 0.4) is 0 Å². The van der Waals surface area contributed by atoms with E-state index >= 15 is 0 Å². The van der Waals surface area contributed by atoms with E-state index in [1.54, 1.807) is 0 Å². The van der Waals surface area contributed by atoms with Gasteiger partial charge < -0.3 is 13.1 Å². The van der Waals surface area contributed by atoms with E-state index in [9.17, 15) is 0 Å². The number of carbonyl (C=O) groups is 1. The molecule has 0 aromatic heterocycles. The third kappa shape index (κ3) is 397. The molecule has 9 heavy (non-hydrogen) atoms. The fourth-order valence-corrected chi connectivity index (χ4v) is 0. The molecule has 0 aliphatic carbocycles. The summed E-state index contributed by atoms with van der Waals surface area (Å²) in [6, 6.07) is 0. The Morgan fingerprint density at radius 3 is 1.22 bits per heavy atom. The number of carboxylic acid groups (broad SMARTS) is 2. The Morgan fingerprint density at radius 1 is 1.22 bits per heavy atom. The van der Waals surface area contributed by atoms with Crippen LogP contribution in [0.5, 0.6) is 0 Å². The van der Waals surface area contributed by atoms with Gasteiger partial charge in [-0.1, -0.05) is 0 Å². The van der Waals surface area contributed by atoms with Crippen LogP contribution in [0.4, 0.5) is 4.79 Å². The van der Waals surface area contributed by atoms with Crippen molar-refractivity contribution in [3.8, 4) is 0 Å². The van der Waals surface area contributed by atoms with Crippen LogP contribution < -0.4 is 0 Å². The molecular weight excluding hydrogens is 270 g/mol. The van der Waals surface area contributed by atoms with Gasteiger partial charge in [-0.3, -0.25) is 10.5 Å². The molecule has 0 spiro atoms. The Kier molecular flexibility index (Phi) is 89.1. The molecule has 0 aromatic carbocycles. The Hall–Kier alpha value is 1.07. The summed E-state index contributed by atoms with van der Waals surface area (Å²) in [5, 5.41) is 25.9. The molecule has 0 fully saturated rings. The summed E-state index contributed by atoms with van der Waals surface area (Å²) in [6.45, 7) is 0. The van der Waals surface area contributed by atoms with Gasteiger partial charge in [-0.15, -0.1) is 0 Å². The number of hydrogen-bond donors (Lipinski definition) is 4. The third-order valence-corrected chi connectivity index (χ3v) is 0. The molecule has 0 amide bonds. The predicted octanol–water partition coefficient (Wildman–Crippen LogP) is -0.683. The molecule has 0 radical (unpaired) electrons. The first-order valence-electron chi connectivity index (χ1n) is 1.06. The van der Waals surface area contributed by atoms with E-state index in [2.05, 4.69) is 0 Å². The van der Waals surface area contributed by atoms with Crippen LogP contribution in [0.1, 0.15) is 2.85 Å². The number of rotatable bonds is 0. The van der Waals surface area contributed by atoms with Crippen LogP contribution >= 0.6 is 0 Å². The molecular formula is CH7CaO6Sb. The van der Waals surface area contributed by atoms with Crippen LogP contribution in [0.25, 0.3) is 0 Å². The summed E-state index contributed by atoms with van der Waals surface area (Å²) in [4.78, 5) is 8.56. The van der Waals surface area contributed by atoms with Gasteiger partial charge in [-0.05, 0) is 0 Å². The van der Waals surface area contributed by atoms with Crippen LogP contribution in [0.2, 0.25) is 0 Å². The van der Waals surface area contributed by atoms with E-state index in [0.29, 0.717) is 23.0 Å². The van der Waals surface area contributed by atoms with Gasteiger partial charge in [0.25, 0.3) is 0 Å². The molecule has 4 N–H and O–H groups in total. The van der Waals surface area contributed by atoms with Crippen molar-refractivity contribution in [3.63, 3.8) is 0 Å². The van der Waals surface area contributed by atoms with Crippen molar-refractivity contribution in [3.05, 3.63) is 0 Å². The van der Waals surface area contributed by atoms with Crippen molar-refractivity contribution < 1.29 is 31.4 Å². The molecule has 0 rings (SSSR count). The van der Waals surface area contributed by atoms with Crippen LogP contribution in [-0.4, -0.2) is 87.6 Å². The van der Waals surface area contributed by atoms with Gasteiger partial charge in [0, 0.05) is 0 Å². The summed E-state index contributed by atoms with van der Waals surface area (Å²) in [5.41, 5.74) is 0. The van der Waals surface area contributed by atoms with Crippen molar-refractivity contribution in [1.82, 2.24) is 0 Å². The first kappa shape index (κ1) is 22.5. The van der Waals surface area contributed by atoms with Gasteiger partial charge in [0.05, 0.1) is 0 Å². The first-order chi connectivity index (χ1) is 3.73. The van der Waals surface area contributed by atoms with Crippen LogP contribution in [0, 0.1) is 0 Å². The maximum absolute atomic E-state index is 8.56. The maximum atomic E-state index is 8.56. The second-order valence-electron chi connectivity index (χ2n) is 0.283. The van der Waals surface area contributed by atoms with Gasteiger partial charge in [-0.2, -0.15) is 0 Å². The second-order valence-corrected chi connectivity index (χ2v) is 0.283. The Labute approximate surface area is 97.3 Å². The summed E-state index contributed by atoms with van der Waals surface area (Å²) in [5.74, 6) is 0. The molecule has 0 atom stereocenters. The predicted molar refractivity (Wildman–Crippen MR) is 31.7 cm³/mol. The van der Waals surface area contributed by atoms with Crippen LogP contribution in [0.15, 0.2) is 0 Å². The van der Waals surface area contributed by atoms with Crippen molar-refractivity contribution in [2.24, 2.45) is 0 Å². The fraction of sp³-hybridized carbons (Fsp3) is 0. The van der Waals surface area contributed by atoms with Gasteiger partial charge in [0.1, 0.15) is 0 Å². The van der Waals surface area contributed by atoms with Crippen molar-refractivity contribution in [2.75, 3.05) is 0 Å². The summed E-state index contributed by atoms with van der Waals surface area (Å²) in [6.07, 6.45) is -1.83. The normalized spacial score (nSPS) is 3.78. The zero-order valence-corrected chi connectivity index (χ0v) is 9.37. The summed E-state index contributed by atoms with van der Waals surface area (Å²) in [7, 11) is 0. The minimum atomic E-state index is -1.83. The van der Waals surface area contributed by atoms with Crippen molar-refractivity contribution in [1.29, 1.82) is 0 Å². The minimum absolute atomic E-state index is 0. The molecule has 6 nitrogen and oxygen atoms in total. The average molecular weight is 277 g/mol. The first-order valence-corrected chi connectivity index (χ1v) is 2.22. The van der Waals surface area contributed by atoms with E-state index in [4.69, 9.17) is 28.5 Å². The molecule has 0 aliphatic heterocycles. The molecule has 0 aromatic rings. The topological polar surface area (TPSA) is 115 Å². The van der Waals surface area contributed by atoms with E-state index in [0.717, 1.165) is 0 Å². The summed E-state index contributed by atoms with van der Waals surface area (Å²) < 4.78 is 8.34. The SMILES string of the molecule is O=C(O)O.OO.[Ca+2].[H-].[H-].[O]=[SbH]. The molecule has 0 aliphatic rings. The van der Waals surface area contributed by atoms with E-state index in [1.807, 2.05) is 0 Å². The molecule has 0 saturated heterocycles. The molecule has 0 heterocycles. The number of hydrogen-bond acceptors (Lipinski definition) is 4. The third-order valence-electron chi connectivity index (χ3n) is 0. The Morgan fingerprint density at radius 2 is 1.22 bits per heavy atom. The quantitative estimate of drug-likeness (QED) is 0.265. The van der Waals surface area contributed by atoms with Crippen molar-refractivity contribution >= 4 is 66.9 Å². The van der Waals surface area contributed by atoms with E-state index in [-0.39, 0.29) is 40.6 Å². The van der Waals surface area contributed by atoms with Gasteiger partial charge in [0.2, 0.25) is 0 Å².